The molecule has 0 spiro atoms. The summed E-state index contributed by atoms with van der Waals surface area (Å²) in [7, 11) is 1.20. The van der Waals surface area contributed by atoms with Crippen LogP contribution < -0.4 is 10.2 Å². The van der Waals surface area contributed by atoms with Crippen LogP contribution in [-0.2, 0) is 27.9 Å². The molecule has 10 heteroatoms. The van der Waals surface area contributed by atoms with Crippen LogP contribution in [-0.4, -0.2) is 69.4 Å². The summed E-state index contributed by atoms with van der Waals surface area (Å²) in [6.07, 6.45) is 74.6. The van der Waals surface area contributed by atoms with Crippen molar-refractivity contribution in [3.05, 3.63) is 24.3 Å². The Morgan fingerprint density at radius 3 is 1.05 bits per heavy atom. The van der Waals surface area contributed by atoms with Crippen molar-refractivity contribution in [3.8, 4) is 0 Å². The quantitative estimate of drug-likeness (QED) is 0.0212. The lowest BCUT2D eigenvalue weighted by atomic mass is 10.0. The molecule has 0 aromatic rings. The predicted molar refractivity (Wildman–Crippen MR) is 349 cm³/mol. The number of nitrogens with zero attached hydrogens (tertiary/aromatic N) is 1. The van der Waals surface area contributed by atoms with E-state index in [2.05, 4.69) is 38.2 Å². The standard InChI is InChI=1S/C71H139N2O7P/c1-7-10-13-16-19-22-25-27-29-31-32-33-34-35-36-37-38-39-40-42-44-46-49-52-55-58-61-64-71(75)80-69(62-59-56-53-50-47-24-21-18-15-12-9-3)68(67-79-81(76,77)78-66-65-73(4,5)6)72-70(74)63-60-57-54-51-48-45-43-41-30-28-26-23-20-17-14-11-8-2/h28,30,59,62,68-69H,7-27,29,31-58,60-61,63-67H2,1-6H3,(H-,72,74,76,77)/b30-28+,62-59-. The maximum absolute atomic E-state index is 13.6. The fraction of sp³-hybridized carbons (Fsp3) is 0.915. The number of hydrogen-bond acceptors (Lipinski definition) is 7. The number of allylic oxidation sites excluding steroid dienone is 3. The van der Waals surface area contributed by atoms with E-state index in [4.69, 9.17) is 13.8 Å². The van der Waals surface area contributed by atoms with Crippen LogP contribution in [0, 0.1) is 0 Å². The van der Waals surface area contributed by atoms with Gasteiger partial charge < -0.3 is 28.5 Å². The van der Waals surface area contributed by atoms with E-state index < -0.39 is 20.0 Å². The Labute approximate surface area is 504 Å². The van der Waals surface area contributed by atoms with E-state index in [1.165, 1.54) is 263 Å². The number of ether oxygens (including phenoxy) is 1. The highest BCUT2D eigenvalue weighted by Crippen LogP contribution is 2.38. The van der Waals surface area contributed by atoms with Gasteiger partial charge in [-0.3, -0.25) is 14.2 Å². The number of quaternary nitrogens is 1. The van der Waals surface area contributed by atoms with E-state index in [-0.39, 0.29) is 31.5 Å². The van der Waals surface area contributed by atoms with Crippen LogP contribution in [0.25, 0.3) is 0 Å². The molecule has 1 N–H and O–H groups in total. The van der Waals surface area contributed by atoms with Gasteiger partial charge in [0, 0.05) is 12.8 Å². The summed E-state index contributed by atoms with van der Waals surface area (Å²) in [5, 5.41) is 3.04. The fourth-order valence-corrected chi connectivity index (χ4v) is 11.6. The van der Waals surface area contributed by atoms with Crippen molar-refractivity contribution >= 4 is 19.7 Å². The first-order valence-electron chi connectivity index (χ1n) is 35.6. The summed E-state index contributed by atoms with van der Waals surface area (Å²) >= 11 is 0. The first-order chi connectivity index (χ1) is 39.4. The number of carbonyl (C=O) groups is 2. The molecule has 0 aromatic heterocycles. The van der Waals surface area contributed by atoms with Crippen molar-refractivity contribution in [2.45, 2.75) is 380 Å². The van der Waals surface area contributed by atoms with E-state index in [0.29, 0.717) is 17.4 Å². The number of phosphoric ester groups is 1. The number of unbranched alkanes of at least 4 members (excludes halogenated alkanes) is 48. The predicted octanol–water partition coefficient (Wildman–Crippen LogP) is 21.8. The number of amides is 1. The zero-order valence-corrected chi connectivity index (χ0v) is 55.9. The molecule has 0 aliphatic carbocycles. The van der Waals surface area contributed by atoms with E-state index in [1.54, 1.807) is 0 Å². The van der Waals surface area contributed by atoms with Crippen LogP contribution in [0.3, 0.4) is 0 Å². The molecule has 0 bridgehead atoms. The summed E-state index contributed by atoms with van der Waals surface area (Å²) in [6.45, 7) is 6.89. The Hall–Kier alpha value is -1.51. The summed E-state index contributed by atoms with van der Waals surface area (Å²) in [4.78, 5) is 40.1. The summed E-state index contributed by atoms with van der Waals surface area (Å²) in [5.74, 6) is -0.526. The summed E-state index contributed by atoms with van der Waals surface area (Å²) in [6, 6.07) is -0.885. The molecule has 0 heterocycles. The van der Waals surface area contributed by atoms with Gasteiger partial charge >= 0.3 is 5.97 Å². The Bertz CT molecular complexity index is 1430. The highest BCUT2D eigenvalue weighted by atomic mass is 31.2. The van der Waals surface area contributed by atoms with Crippen LogP contribution in [0.15, 0.2) is 24.3 Å². The molecule has 480 valence electrons. The Morgan fingerprint density at radius 2 is 0.716 bits per heavy atom. The third kappa shape index (κ3) is 62.8. The van der Waals surface area contributed by atoms with Crippen molar-refractivity contribution in [2.24, 2.45) is 0 Å². The third-order valence-electron chi connectivity index (χ3n) is 16.4. The number of hydrogen-bond donors (Lipinski definition) is 1. The number of rotatable bonds is 66. The Kier molecular flexibility index (Phi) is 60.4. The lowest BCUT2D eigenvalue weighted by Gasteiger charge is -2.30. The maximum Gasteiger partial charge on any atom is 0.306 e. The van der Waals surface area contributed by atoms with Crippen molar-refractivity contribution in [3.63, 3.8) is 0 Å². The molecule has 0 aliphatic rings. The summed E-state index contributed by atoms with van der Waals surface area (Å²) in [5.41, 5.74) is 0. The highest BCUT2D eigenvalue weighted by Gasteiger charge is 2.27. The zero-order valence-electron chi connectivity index (χ0n) is 55.0. The van der Waals surface area contributed by atoms with Gasteiger partial charge in [0.1, 0.15) is 19.3 Å². The van der Waals surface area contributed by atoms with E-state index in [0.717, 1.165) is 70.6 Å². The van der Waals surface area contributed by atoms with Gasteiger partial charge in [-0.25, -0.2) is 0 Å². The first-order valence-corrected chi connectivity index (χ1v) is 37.1. The number of nitrogens with one attached hydrogen (secondary N) is 1. The minimum absolute atomic E-state index is 0.0195. The number of likely N-dealkylation sites (N-methyl/N-ethyl adjacent to an activating group) is 1. The average Bonchev–Trinajstić information content (AvgIpc) is 3.44. The molecule has 3 atom stereocenters. The van der Waals surface area contributed by atoms with Gasteiger partial charge in [-0.1, -0.05) is 322 Å². The van der Waals surface area contributed by atoms with Gasteiger partial charge in [-0.05, 0) is 57.4 Å². The topological polar surface area (TPSA) is 114 Å². The SMILES string of the molecule is CCCCCCCC/C=C/CCCCCCCCCC(=O)NC(COP(=O)([O-])OCC[N+](C)(C)C)C(/C=C\CCCCCCCCCCC)OC(=O)CCCCCCCCCCCCCCCCCCCCCCCCCCCCC. The first kappa shape index (κ1) is 79.5. The molecule has 0 fully saturated rings. The van der Waals surface area contributed by atoms with Gasteiger partial charge in [0.05, 0.1) is 33.8 Å². The molecule has 9 nitrogen and oxygen atoms in total. The largest absolute Gasteiger partial charge is 0.756 e. The maximum atomic E-state index is 13.6. The van der Waals surface area contributed by atoms with Gasteiger partial charge in [0.25, 0.3) is 7.82 Å². The second-order valence-corrected chi connectivity index (χ2v) is 27.2. The second kappa shape index (κ2) is 61.6. The van der Waals surface area contributed by atoms with Gasteiger partial charge in [0.2, 0.25) is 5.91 Å². The molecular weight excluding hydrogens is 1020 g/mol. The van der Waals surface area contributed by atoms with E-state index in [1.807, 2.05) is 33.3 Å². The van der Waals surface area contributed by atoms with Crippen LogP contribution in [0.5, 0.6) is 0 Å². The van der Waals surface area contributed by atoms with E-state index in [9.17, 15) is 19.0 Å². The van der Waals surface area contributed by atoms with Crippen molar-refractivity contribution in [1.29, 1.82) is 0 Å². The monoisotopic (exact) mass is 1160 g/mol. The smallest absolute Gasteiger partial charge is 0.306 e. The molecule has 3 unspecified atom stereocenters. The second-order valence-electron chi connectivity index (χ2n) is 25.7. The number of esters is 1. The minimum Gasteiger partial charge on any atom is -0.756 e. The normalized spacial score (nSPS) is 13.6. The van der Waals surface area contributed by atoms with Gasteiger partial charge in [-0.2, -0.15) is 0 Å². The van der Waals surface area contributed by atoms with Crippen molar-refractivity contribution < 1.29 is 37.3 Å². The third-order valence-corrected chi connectivity index (χ3v) is 17.3. The molecular formula is C71H139N2O7P. The zero-order chi connectivity index (χ0) is 59.3. The van der Waals surface area contributed by atoms with E-state index >= 15 is 0 Å². The van der Waals surface area contributed by atoms with Crippen LogP contribution in [0.2, 0.25) is 0 Å². The molecule has 0 saturated carbocycles. The fourth-order valence-electron chi connectivity index (χ4n) is 10.9. The lowest BCUT2D eigenvalue weighted by molar-refractivity contribution is -0.870. The van der Waals surface area contributed by atoms with Crippen molar-refractivity contribution in [2.75, 3.05) is 40.9 Å². The lowest BCUT2D eigenvalue weighted by Crippen LogP contribution is -2.47. The number of phosphoric acid groups is 1. The molecule has 0 saturated heterocycles. The molecule has 0 aromatic carbocycles. The van der Waals surface area contributed by atoms with Gasteiger partial charge in [-0.15, -0.1) is 0 Å². The average molecular weight is 1160 g/mol. The highest BCUT2D eigenvalue weighted by molar-refractivity contribution is 7.45. The van der Waals surface area contributed by atoms with Crippen LogP contribution in [0.4, 0.5) is 0 Å². The molecule has 81 heavy (non-hydrogen) atoms. The molecule has 0 radical (unpaired) electrons. The molecule has 1 amide bonds. The molecule has 0 aliphatic heterocycles. The Balaban J connectivity index is 4.93. The minimum atomic E-state index is -4.70. The van der Waals surface area contributed by atoms with Crippen LogP contribution >= 0.6 is 7.82 Å². The number of carbonyl (C=O) groups excluding carboxylic acids is 2. The molecule has 0 rings (SSSR count). The Morgan fingerprint density at radius 1 is 0.420 bits per heavy atom. The summed E-state index contributed by atoms with van der Waals surface area (Å²) < 4.78 is 30.4. The van der Waals surface area contributed by atoms with Crippen molar-refractivity contribution in [1.82, 2.24) is 5.32 Å². The van der Waals surface area contributed by atoms with Crippen LogP contribution in [0.1, 0.15) is 367 Å². The van der Waals surface area contributed by atoms with Gasteiger partial charge in [0.15, 0.2) is 0 Å².